The second-order valence-corrected chi connectivity index (χ2v) is 2.61. The topological polar surface area (TPSA) is 47.9 Å². The number of anilines is 1. The molecule has 0 aliphatic heterocycles. The molecule has 2 N–H and O–H groups in total. The molecule has 1 aromatic rings. The molecule has 0 saturated carbocycles. The predicted octanol–water partition coefficient (Wildman–Crippen LogP) is 1.59. The third kappa shape index (κ3) is 3.05. The van der Waals surface area contributed by atoms with Crippen molar-refractivity contribution in [2.75, 3.05) is 5.32 Å². The summed E-state index contributed by atoms with van der Waals surface area (Å²) in [5.74, 6) is -0.357. The molecule has 0 atom stereocenters. The first-order valence-corrected chi connectivity index (χ1v) is 3.85. The molecule has 5 heteroatoms. The van der Waals surface area contributed by atoms with Gasteiger partial charge in [0.25, 0.3) is 0 Å². The van der Waals surface area contributed by atoms with Gasteiger partial charge < -0.3 is 5.32 Å². The molecule has 0 unspecified atom stereocenters. The maximum Gasteiger partial charge on any atom is 0.184 e. The first-order valence-electron chi connectivity index (χ1n) is 3.44. The van der Waals surface area contributed by atoms with Crippen molar-refractivity contribution in [2.24, 2.45) is 0 Å². The Morgan fingerprint density at radius 2 is 2.31 bits per heavy atom. The Hall–Kier alpha value is -1.67. The molecule has 0 radical (unpaired) electrons. The van der Waals surface area contributed by atoms with Crippen molar-refractivity contribution in [3.05, 3.63) is 30.1 Å². The molecule has 0 spiro atoms. The highest BCUT2D eigenvalue weighted by Gasteiger charge is 1.96. The Balaban J connectivity index is 2.65. The average Bonchev–Trinajstić information content (AvgIpc) is 2.04. The van der Waals surface area contributed by atoms with Gasteiger partial charge in [0.1, 0.15) is 5.82 Å². The first-order chi connectivity index (χ1) is 6.22. The van der Waals surface area contributed by atoms with E-state index in [1.807, 2.05) is 0 Å². The fourth-order valence-corrected chi connectivity index (χ4v) is 0.943. The van der Waals surface area contributed by atoms with Crippen LogP contribution in [0, 0.1) is 17.3 Å². The van der Waals surface area contributed by atoms with Gasteiger partial charge in [-0.3, -0.25) is 5.32 Å². The highest BCUT2D eigenvalue weighted by Crippen LogP contribution is 2.08. The minimum absolute atomic E-state index is 0.146. The van der Waals surface area contributed by atoms with E-state index in [4.69, 9.17) is 17.5 Å². The summed E-state index contributed by atoms with van der Waals surface area (Å²) in [4.78, 5) is 0. The lowest BCUT2D eigenvalue weighted by Gasteiger charge is -2.04. The number of nitrogens with one attached hydrogen (secondary N) is 2. The molecule has 66 valence electrons. The van der Waals surface area contributed by atoms with E-state index < -0.39 is 0 Å². The number of rotatable bonds is 1. The van der Waals surface area contributed by atoms with Crippen molar-refractivity contribution >= 4 is 23.0 Å². The van der Waals surface area contributed by atoms with Gasteiger partial charge in [0.05, 0.1) is 0 Å². The molecule has 1 rings (SSSR count). The number of hydrogen-bond acceptors (Lipinski definition) is 2. The number of nitrogens with zero attached hydrogens (tertiary/aromatic N) is 1. The molecule has 0 aliphatic rings. The molecular weight excluding hydrogens is 189 g/mol. The SMILES string of the molecule is N#CNC(=S)Nc1cccc(F)c1. The van der Waals surface area contributed by atoms with Gasteiger partial charge in [0.2, 0.25) is 0 Å². The zero-order valence-corrected chi connectivity index (χ0v) is 7.36. The lowest BCUT2D eigenvalue weighted by Crippen LogP contribution is -2.23. The zero-order chi connectivity index (χ0) is 9.68. The van der Waals surface area contributed by atoms with Crippen LogP contribution in [0.15, 0.2) is 24.3 Å². The van der Waals surface area contributed by atoms with Crippen LogP contribution in [0.2, 0.25) is 0 Å². The van der Waals surface area contributed by atoms with Gasteiger partial charge in [-0.25, -0.2) is 4.39 Å². The van der Waals surface area contributed by atoms with Crippen LogP contribution in [0.4, 0.5) is 10.1 Å². The van der Waals surface area contributed by atoms with Gasteiger partial charge in [0, 0.05) is 5.69 Å². The Morgan fingerprint density at radius 3 is 2.92 bits per heavy atom. The Morgan fingerprint density at radius 1 is 1.54 bits per heavy atom. The van der Waals surface area contributed by atoms with Crippen LogP contribution in [-0.4, -0.2) is 5.11 Å². The van der Waals surface area contributed by atoms with Gasteiger partial charge in [-0.1, -0.05) is 6.07 Å². The van der Waals surface area contributed by atoms with E-state index in [1.54, 1.807) is 18.3 Å². The average molecular weight is 195 g/mol. The van der Waals surface area contributed by atoms with E-state index >= 15 is 0 Å². The van der Waals surface area contributed by atoms with E-state index in [1.165, 1.54) is 12.1 Å². The van der Waals surface area contributed by atoms with Crippen LogP contribution in [0.1, 0.15) is 0 Å². The first kappa shape index (κ1) is 9.42. The van der Waals surface area contributed by atoms with E-state index in [0.29, 0.717) is 5.69 Å². The summed E-state index contributed by atoms with van der Waals surface area (Å²) in [6, 6.07) is 5.80. The Bertz CT molecular complexity index is 359. The number of hydrogen-bond donors (Lipinski definition) is 2. The molecule has 3 nitrogen and oxygen atoms in total. The van der Waals surface area contributed by atoms with Gasteiger partial charge in [-0.05, 0) is 30.4 Å². The van der Waals surface area contributed by atoms with E-state index in [0.717, 1.165) is 0 Å². The largest absolute Gasteiger partial charge is 0.332 e. The van der Waals surface area contributed by atoms with Crippen LogP contribution in [-0.2, 0) is 0 Å². The van der Waals surface area contributed by atoms with Crippen molar-refractivity contribution in [1.82, 2.24) is 5.32 Å². The molecule has 0 heterocycles. The summed E-state index contributed by atoms with van der Waals surface area (Å²) >= 11 is 4.71. The Labute approximate surface area is 80.2 Å². The molecule has 0 amide bonds. The smallest absolute Gasteiger partial charge is 0.184 e. The quantitative estimate of drug-likeness (QED) is 0.406. The summed E-state index contributed by atoms with van der Waals surface area (Å²) in [7, 11) is 0. The highest BCUT2D eigenvalue weighted by atomic mass is 32.1. The number of nitriles is 1. The standard InChI is InChI=1S/C8H6FN3S/c9-6-2-1-3-7(4-6)12-8(13)11-5-10/h1-4H,(H2,11,12,13). The second kappa shape index (κ2) is 4.38. The molecule has 0 bridgehead atoms. The van der Waals surface area contributed by atoms with Crippen molar-refractivity contribution in [3.63, 3.8) is 0 Å². The molecule has 13 heavy (non-hydrogen) atoms. The molecule has 0 aromatic heterocycles. The third-order valence-corrected chi connectivity index (χ3v) is 1.46. The van der Waals surface area contributed by atoms with Crippen molar-refractivity contribution < 1.29 is 4.39 Å². The molecule has 0 saturated heterocycles. The number of halogens is 1. The number of benzene rings is 1. The monoisotopic (exact) mass is 195 g/mol. The maximum atomic E-state index is 12.6. The van der Waals surface area contributed by atoms with Gasteiger partial charge in [-0.2, -0.15) is 5.26 Å². The molecular formula is C8H6FN3S. The van der Waals surface area contributed by atoms with Crippen LogP contribution in [0.25, 0.3) is 0 Å². The van der Waals surface area contributed by atoms with Crippen molar-refractivity contribution in [2.45, 2.75) is 0 Å². The highest BCUT2D eigenvalue weighted by molar-refractivity contribution is 7.80. The summed E-state index contributed by atoms with van der Waals surface area (Å²) in [5.41, 5.74) is 0.507. The normalized spacial score (nSPS) is 8.62. The predicted molar refractivity (Wildman–Crippen MR) is 51.4 cm³/mol. The molecule has 0 aliphatic carbocycles. The maximum absolute atomic E-state index is 12.6. The fourth-order valence-electron chi connectivity index (χ4n) is 0.779. The third-order valence-electron chi connectivity index (χ3n) is 1.25. The van der Waals surface area contributed by atoms with Gasteiger partial charge in [0.15, 0.2) is 11.3 Å². The minimum Gasteiger partial charge on any atom is -0.332 e. The van der Waals surface area contributed by atoms with Crippen LogP contribution >= 0.6 is 12.2 Å². The van der Waals surface area contributed by atoms with Crippen molar-refractivity contribution in [1.29, 1.82) is 5.26 Å². The Kier molecular flexibility index (Phi) is 3.17. The van der Waals surface area contributed by atoms with Crippen LogP contribution < -0.4 is 10.6 Å². The second-order valence-electron chi connectivity index (χ2n) is 2.20. The number of thiocarbonyl (C=S) groups is 1. The lowest BCUT2D eigenvalue weighted by atomic mass is 10.3. The molecule has 1 aromatic carbocycles. The fraction of sp³-hybridized carbons (Fsp3) is 0. The summed E-state index contributed by atoms with van der Waals surface area (Å²) in [6.45, 7) is 0. The van der Waals surface area contributed by atoms with Crippen LogP contribution in [0.5, 0.6) is 0 Å². The summed E-state index contributed by atoms with van der Waals surface area (Å²) < 4.78 is 12.6. The lowest BCUT2D eigenvalue weighted by molar-refractivity contribution is 0.628. The van der Waals surface area contributed by atoms with Gasteiger partial charge >= 0.3 is 0 Å². The zero-order valence-electron chi connectivity index (χ0n) is 6.54. The minimum atomic E-state index is -0.357. The van der Waals surface area contributed by atoms with E-state index in [-0.39, 0.29) is 10.9 Å². The van der Waals surface area contributed by atoms with Gasteiger partial charge in [-0.15, -0.1) is 0 Å². The van der Waals surface area contributed by atoms with Crippen molar-refractivity contribution in [3.8, 4) is 6.19 Å². The summed E-state index contributed by atoms with van der Waals surface area (Å²) in [6.07, 6.45) is 1.65. The van der Waals surface area contributed by atoms with Crippen LogP contribution in [0.3, 0.4) is 0 Å². The summed E-state index contributed by atoms with van der Waals surface area (Å²) in [5, 5.41) is 13.2. The van der Waals surface area contributed by atoms with E-state index in [9.17, 15) is 4.39 Å². The van der Waals surface area contributed by atoms with E-state index in [2.05, 4.69) is 10.6 Å². The molecule has 0 fully saturated rings.